The molecule has 1 aromatic carbocycles. The number of hydrogen-bond donors (Lipinski definition) is 0. The molecule has 0 N–H and O–H groups in total. The Bertz CT molecular complexity index is 714. The first-order valence-corrected chi connectivity index (χ1v) is 7.87. The lowest BCUT2D eigenvalue weighted by Gasteiger charge is -2.13. The average molecular weight is 335 g/mol. The van der Waals surface area contributed by atoms with Crippen LogP contribution < -0.4 is 0 Å². The van der Waals surface area contributed by atoms with E-state index in [1.54, 1.807) is 18.2 Å². The summed E-state index contributed by atoms with van der Waals surface area (Å²) in [6.45, 7) is 0. The number of carbonyl (C=O) groups excluding carboxylic acids is 2. The standard InChI is InChI=1S/C16H12Cl2N2O2/c17-11-4-3-10(12(18)6-11)7-19-20-15(21)13-8-1-2-9(5-8)14(13)16(20)22/h1-4,6-9,13-14H,5H2. The van der Waals surface area contributed by atoms with Crippen LogP contribution in [0, 0.1) is 23.7 Å². The van der Waals surface area contributed by atoms with Crippen LogP contribution in [0.4, 0.5) is 0 Å². The van der Waals surface area contributed by atoms with Crippen molar-refractivity contribution < 1.29 is 9.59 Å². The molecule has 112 valence electrons. The maximum Gasteiger partial charge on any atom is 0.254 e. The first kappa shape index (κ1) is 14.0. The molecule has 4 unspecified atom stereocenters. The van der Waals surface area contributed by atoms with Crippen LogP contribution >= 0.6 is 23.2 Å². The summed E-state index contributed by atoms with van der Waals surface area (Å²) in [5, 5.41) is 6.03. The quantitative estimate of drug-likeness (QED) is 0.474. The number of amides is 2. The maximum absolute atomic E-state index is 12.5. The van der Waals surface area contributed by atoms with Crippen molar-refractivity contribution >= 4 is 41.2 Å². The average Bonchev–Trinajstić information content (AvgIpc) is 3.14. The van der Waals surface area contributed by atoms with E-state index in [-0.39, 0.29) is 35.5 Å². The number of allylic oxidation sites excluding steroid dienone is 2. The molecule has 0 radical (unpaired) electrons. The van der Waals surface area contributed by atoms with Crippen molar-refractivity contribution in [1.29, 1.82) is 0 Å². The van der Waals surface area contributed by atoms with E-state index < -0.39 is 0 Å². The predicted molar refractivity (Wildman–Crippen MR) is 83.6 cm³/mol. The second-order valence-corrected chi connectivity index (χ2v) is 6.74. The Labute approximate surface area is 137 Å². The maximum atomic E-state index is 12.5. The molecule has 4 rings (SSSR count). The summed E-state index contributed by atoms with van der Waals surface area (Å²) >= 11 is 11.9. The molecule has 2 bridgehead atoms. The van der Waals surface area contributed by atoms with Gasteiger partial charge in [-0.3, -0.25) is 9.59 Å². The second-order valence-electron chi connectivity index (χ2n) is 5.90. The van der Waals surface area contributed by atoms with Gasteiger partial charge in [0.2, 0.25) is 0 Å². The van der Waals surface area contributed by atoms with Crippen LogP contribution in [0.5, 0.6) is 0 Å². The van der Waals surface area contributed by atoms with Gasteiger partial charge < -0.3 is 0 Å². The van der Waals surface area contributed by atoms with E-state index in [1.165, 1.54) is 6.21 Å². The summed E-state index contributed by atoms with van der Waals surface area (Å²) in [5.41, 5.74) is 0.616. The predicted octanol–water partition coefficient (Wildman–Crippen LogP) is 3.13. The van der Waals surface area contributed by atoms with Gasteiger partial charge in [-0.05, 0) is 30.4 Å². The number of nitrogens with zero attached hydrogens (tertiary/aromatic N) is 2. The minimum Gasteiger partial charge on any atom is -0.272 e. The number of carbonyl (C=O) groups is 2. The highest BCUT2D eigenvalue weighted by molar-refractivity contribution is 6.36. The van der Waals surface area contributed by atoms with Crippen LogP contribution in [-0.2, 0) is 9.59 Å². The van der Waals surface area contributed by atoms with E-state index in [1.807, 2.05) is 0 Å². The molecular weight excluding hydrogens is 323 g/mol. The molecule has 1 heterocycles. The van der Waals surface area contributed by atoms with E-state index in [0.29, 0.717) is 15.6 Å². The number of hydrogen-bond acceptors (Lipinski definition) is 3. The van der Waals surface area contributed by atoms with Crippen molar-refractivity contribution in [3.05, 3.63) is 46.0 Å². The smallest absolute Gasteiger partial charge is 0.254 e. The third kappa shape index (κ3) is 1.94. The Morgan fingerprint density at radius 2 is 1.73 bits per heavy atom. The molecule has 22 heavy (non-hydrogen) atoms. The summed E-state index contributed by atoms with van der Waals surface area (Å²) in [4.78, 5) is 24.9. The first-order chi connectivity index (χ1) is 10.6. The Hall–Kier alpha value is -1.65. The van der Waals surface area contributed by atoms with Gasteiger partial charge in [-0.25, -0.2) is 0 Å². The van der Waals surface area contributed by atoms with Gasteiger partial charge in [0.25, 0.3) is 11.8 Å². The van der Waals surface area contributed by atoms with E-state index in [4.69, 9.17) is 23.2 Å². The fourth-order valence-electron chi connectivity index (χ4n) is 3.73. The van der Waals surface area contributed by atoms with Crippen LogP contribution in [0.3, 0.4) is 0 Å². The van der Waals surface area contributed by atoms with Gasteiger partial charge in [0.15, 0.2) is 0 Å². The van der Waals surface area contributed by atoms with Gasteiger partial charge in [0.1, 0.15) is 0 Å². The molecule has 2 amide bonds. The Balaban J connectivity index is 1.60. The van der Waals surface area contributed by atoms with E-state index >= 15 is 0 Å². The van der Waals surface area contributed by atoms with Gasteiger partial charge in [-0.2, -0.15) is 10.1 Å². The Morgan fingerprint density at radius 3 is 2.32 bits per heavy atom. The highest BCUT2D eigenvalue weighted by Gasteiger charge is 2.59. The van der Waals surface area contributed by atoms with Crippen molar-refractivity contribution in [3.8, 4) is 0 Å². The van der Waals surface area contributed by atoms with Gasteiger partial charge in [0, 0.05) is 10.6 Å². The highest BCUT2D eigenvalue weighted by atomic mass is 35.5. The summed E-state index contributed by atoms with van der Waals surface area (Å²) < 4.78 is 0. The third-order valence-corrected chi connectivity index (χ3v) is 5.28. The lowest BCUT2D eigenvalue weighted by molar-refractivity contribution is -0.140. The number of halogens is 2. The number of hydrazone groups is 1. The molecule has 1 aliphatic heterocycles. The molecule has 0 aromatic heterocycles. The minimum absolute atomic E-state index is 0.186. The zero-order chi connectivity index (χ0) is 15.4. The molecular formula is C16H12Cl2N2O2. The van der Waals surface area contributed by atoms with Gasteiger partial charge >= 0.3 is 0 Å². The van der Waals surface area contributed by atoms with Crippen molar-refractivity contribution in [2.24, 2.45) is 28.8 Å². The van der Waals surface area contributed by atoms with Crippen LogP contribution in [0.2, 0.25) is 10.0 Å². The molecule has 4 atom stereocenters. The number of fused-ring (bicyclic) bond motifs is 5. The van der Waals surface area contributed by atoms with Crippen LogP contribution in [0.15, 0.2) is 35.5 Å². The fourth-order valence-corrected chi connectivity index (χ4v) is 4.18. The number of imide groups is 1. The van der Waals surface area contributed by atoms with Crippen LogP contribution in [-0.4, -0.2) is 23.0 Å². The van der Waals surface area contributed by atoms with Crippen molar-refractivity contribution in [2.45, 2.75) is 6.42 Å². The topological polar surface area (TPSA) is 49.7 Å². The SMILES string of the molecule is O=C1C2C3C=CC(C3)C2C(=O)N1N=Cc1ccc(Cl)cc1Cl. The molecule has 1 saturated heterocycles. The largest absolute Gasteiger partial charge is 0.272 e. The fraction of sp³-hybridized carbons (Fsp3) is 0.312. The molecule has 3 aliphatic rings. The first-order valence-electron chi connectivity index (χ1n) is 7.11. The van der Waals surface area contributed by atoms with Gasteiger partial charge in [0.05, 0.1) is 23.1 Å². The van der Waals surface area contributed by atoms with Crippen LogP contribution in [0.25, 0.3) is 0 Å². The van der Waals surface area contributed by atoms with Gasteiger partial charge in [-0.15, -0.1) is 0 Å². The van der Waals surface area contributed by atoms with Crippen molar-refractivity contribution in [3.63, 3.8) is 0 Å². The highest BCUT2D eigenvalue weighted by Crippen LogP contribution is 2.52. The summed E-state index contributed by atoms with van der Waals surface area (Å²) in [6, 6.07) is 4.98. The minimum atomic E-state index is -0.236. The molecule has 4 nitrogen and oxygen atoms in total. The molecule has 1 aromatic rings. The second kappa shape index (κ2) is 4.93. The van der Waals surface area contributed by atoms with E-state index in [0.717, 1.165) is 11.4 Å². The summed E-state index contributed by atoms with van der Waals surface area (Å²) in [5.74, 6) is -0.501. The number of benzene rings is 1. The van der Waals surface area contributed by atoms with Crippen molar-refractivity contribution in [1.82, 2.24) is 5.01 Å². The van der Waals surface area contributed by atoms with Crippen LogP contribution in [0.1, 0.15) is 12.0 Å². The zero-order valence-electron chi connectivity index (χ0n) is 11.4. The lowest BCUT2D eigenvalue weighted by atomic mass is 9.85. The number of rotatable bonds is 2. The molecule has 1 saturated carbocycles. The third-order valence-electron chi connectivity index (χ3n) is 4.72. The monoisotopic (exact) mass is 334 g/mol. The van der Waals surface area contributed by atoms with Crippen molar-refractivity contribution in [2.75, 3.05) is 0 Å². The molecule has 6 heteroatoms. The Kier molecular flexibility index (Phi) is 3.13. The molecule has 0 spiro atoms. The lowest BCUT2D eigenvalue weighted by Crippen LogP contribution is -2.28. The molecule has 2 fully saturated rings. The normalized spacial score (nSPS) is 32.5. The Morgan fingerprint density at radius 1 is 1.09 bits per heavy atom. The summed E-state index contributed by atoms with van der Waals surface area (Å²) in [6.07, 6.45) is 6.46. The molecule has 2 aliphatic carbocycles. The zero-order valence-corrected chi connectivity index (χ0v) is 13.0. The summed E-state index contributed by atoms with van der Waals surface area (Å²) in [7, 11) is 0. The van der Waals surface area contributed by atoms with Gasteiger partial charge in [-0.1, -0.05) is 41.4 Å². The van der Waals surface area contributed by atoms with E-state index in [9.17, 15) is 9.59 Å². The van der Waals surface area contributed by atoms with E-state index in [2.05, 4.69) is 17.3 Å².